The zero-order valence-electron chi connectivity index (χ0n) is 4.18. The van der Waals surface area contributed by atoms with Gasteiger partial charge in [0, 0.05) is 12.2 Å². The van der Waals surface area contributed by atoms with Crippen LogP contribution in [0.25, 0.3) is 0 Å². The summed E-state index contributed by atoms with van der Waals surface area (Å²) in [6, 6.07) is 0. The summed E-state index contributed by atoms with van der Waals surface area (Å²) in [5, 5.41) is 2.03. The Labute approximate surface area is 66.6 Å². The number of carbonyl (C=O) groups excluding carboxylic acids is 2. The fraction of sp³-hybridized carbons (Fsp3) is 0. The summed E-state index contributed by atoms with van der Waals surface area (Å²) in [5.74, 6) is -0.657. The average molecular weight is 298 g/mol. The van der Waals surface area contributed by atoms with Crippen LogP contribution >= 0.6 is 0 Å². The van der Waals surface area contributed by atoms with Gasteiger partial charge in [0.1, 0.15) is 0 Å². The molecule has 0 aromatic carbocycles. The van der Waals surface area contributed by atoms with Crippen molar-refractivity contribution < 1.29 is 37.3 Å². The zero-order valence-corrected chi connectivity index (χ0v) is 9.68. The van der Waals surface area contributed by atoms with Crippen molar-refractivity contribution in [1.82, 2.24) is 5.32 Å². The molecule has 36 valence electrons. The summed E-state index contributed by atoms with van der Waals surface area (Å²) in [7, 11) is 0. The summed E-state index contributed by atoms with van der Waals surface area (Å²) in [6.45, 7) is 0. The average Bonchev–Trinajstić information content (AvgIpc) is 1.87. The number of nitrogens with one attached hydrogen (secondary N) is 1. The standard InChI is InChI=1S/C4H3NO2.Hg/c6-3-1-2-4(7)5-3;/h1-2H,(H,5,6,7);/q;+2. The van der Waals surface area contributed by atoms with E-state index in [-0.39, 0.29) is 39.5 Å². The minimum atomic E-state index is -0.329. The number of hydrogen-bond acceptors (Lipinski definition) is 2. The molecule has 0 aromatic heterocycles. The van der Waals surface area contributed by atoms with Gasteiger partial charge in [0.15, 0.2) is 0 Å². The third kappa shape index (κ3) is 1.74. The Balaban J connectivity index is 0.000000490. The van der Waals surface area contributed by atoms with Gasteiger partial charge < -0.3 is 0 Å². The first-order chi connectivity index (χ1) is 3.29. The molecule has 0 unspecified atom stereocenters. The third-order valence-electron chi connectivity index (χ3n) is 0.632. The molecule has 0 saturated carbocycles. The Morgan fingerprint density at radius 3 is 1.62 bits per heavy atom. The first-order valence-corrected chi connectivity index (χ1v) is 1.82. The fourth-order valence-electron chi connectivity index (χ4n) is 0.356. The Morgan fingerprint density at radius 2 is 1.50 bits per heavy atom. The summed E-state index contributed by atoms with van der Waals surface area (Å²) in [4.78, 5) is 20.1. The van der Waals surface area contributed by atoms with Gasteiger partial charge in [-0.25, -0.2) is 0 Å². The SMILES string of the molecule is O=C1C=CC(=O)N1.[Hg+2]. The van der Waals surface area contributed by atoms with E-state index in [9.17, 15) is 9.59 Å². The van der Waals surface area contributed by atoms with E-state index < -0.39 is 0 Å². The first-order valence-electron chi connectivity index (χ1n) is 1.82. The molecule has 0 atom stereocenters. The van der Waals surface area contributed by atoms with Gasteiger partial charge in [0.25, 0.3) is 11.8 Å². The number of carbonyl (C=O) groups is 2. The van der Waals surface area contributed by atoms with Gasteiger partial charge in [-0.2, -0.15) is 0 Å². The largest absolute Gasteiger partial charge is 2.00 e. The van der Waals surface area contributed by atoms with Crippen LogP contribution in [-0.2, 0) is 37.3 Å². The Kier molecular flexibility index (Phi) is 2.90. The van der Waals surface area contributed by atoms with Gasteiger partial charge in [-0.15, -0.1) is 0 Å². The predicted octanol–water partition coefficient (Wildman–Crippen LogP) is -0.804. The van der Waals surface area contributed by atoms with E-state index in [1.54, 1.807) is 0 Å². The van der Waals surface area contributed by atoms with Crippen LogP contribution in [0.2, 0.25) is 0 Å². The van der Waals surface area contributed by atoms with E-state index in [1.165, 1.54) is 12.2 Å². The second-order valence-electron chi connectivity index (χ2n) is 1.19. The topological polar surface area (TPSA) is 46.2 Å². The second-order valence-corrected chi connectivity index (χ2v) is 1.19. The van der Waals surface area contributed by atoms with Crippen LogP contribution in [0.5, 0.6) is 0 Å². The molecule has 1 heterocycles. The molecule has 1 aliphatic heterocycles. The van der Waals surface area contributed by atoms with Gasteiger partial charge >= 0.3 is 27.7 Å². The molecule has 1 rings (SSSR count). The van der Waals surface area contributed by atoms with E-state index in [2.05, 4.69) is 0 Å². The molecule has 0 bridgehead atoms. The number of amides is 2. The minimum absolute atomic E-state index is 0. The Morgan fingerprint density at radius 1 is 1.12 bits per heavy atom. The van der Waals surface area contributed by atoms with Crippen molar-refractivity contribution >= 4 is 11.8 Å². The van der Waals surface area contributed by atoms with Crippen LogP contribution in [0.3, 0.4) is 0 Å². The van der Waals surface area contributed by atoms with Gasteiger partial charge in [-0.1, -0.05) is 0 Å². The second kappa shape index (κ2) is 2.97. The summed E-state index contributed by atoms with van der Waals surface area (Å²) >= 11 is 0. The van der Waals surface area contributed by atoms with Crippen molar-refractivity contribution in [3.8, 4) is 0 Å². The molecule has 4 heteroatoms. The van der Waals surface area contributed by atoms with Gasteiger partial charge in [-0.05, 0) is 0 Å². The molecule has 1 N–H and O–H groups in total. The van der Waals surface area contributed by atoms with Gasteiger partial charge in [-0.3, -0.25) is 14.9 Å². The minimum Gasteiger partial charge on any atom is -0.289 e. The normalized spacial score (nSPS) is 15.5. The third-order valence-corrected chi connectivity index (χ3v) is 0.632. The van der Waals surface area contributed by atoms with Crippen molar-refractivity contribution in [3.05, 3.63) is 12.2 Å². The number of hydrogen-bond donors (Lipinski definition) is 1. The summed E-state index contributed by atoms with van der Waals surface area (Å²) in [5.41, 5.74) is 0. The molecule has 0 saturated heterocycles. The fourth-order valence-corrected chi connectivity index (χ4v) is 0.356. The van der Waals surface area contributed by atoms with Crippen molar-refractivity contribution in [1.29, 1.82) is 0 Å². The van der Waals surface area contributed by atoms with Crippen LogP contribution in [-0.4, -0.2) is 11.8 Å². The van der Waals surface area contributed by atoms with E-state index in [4.69, 9.17) is 0 Å². The van der Waals surface area contributed by atoms with Crippen molar-refractivity contribution in [2.75, 3.05) is 0 Å². The van der Waals surface area contributed by atoms with E-state index >= 15 is 0 Å². The van der Waals surface area contributed by atoms with E-state index in [0.29, 0.717) is 0 Å². The first kappa shape index (κ1) is 7.82. The summed E-state index contributed by atoms with van der Waals surface area (Å²) < 4.78 is 0. The molecular formula is C4H3HgNO2+2. The molecule has 3 nitrogen and oxygen atoms in total. The molecule has 0 radical (unpaired) electrons. The van der Waals surface area contributed by atoms with Crippen LogP contribution < -0.4 is 5.32 Å². The van der Waals surface area contributed by atoms with Crippen molar-refractivity contribution in [3.63, 3.8) is 0 Å². The molecular weight excluding hydrogens is 295 g/mol. The molecule has 0 fully saturated rings. The molecule has 0 aromatic rings. The molecule has 2 amide bonds. The maximum atomic E-state index is 10.0. The molecule has 0 aliphatic carbocycles. The van der Waals surface area contributed by atoms with Crippen molar-refractivity contribution in [2.45, 2.75) is 0 Å². The van der Waals surface area contributed by atoms with Gasteiger partial charge in [0.05, 0.1) is 0 Å². The van der Waals surface area contributed by atoms with Crippen LogP contribution in [0.4, 0.5) is 0 Å². The van der Waals surface area contributed by atoms with Crippen LogP contribution in [0.1, 0.15) is 0 Å². The molecule has 8 heavy (non-hydrogen) atoms. The maximum absolute atomic E-state index is 10.0. The van der Waals surface area contributed by atoms with Crippen LogP contribution in [0, 0.1) is 0 Å². The quantitative estimate of drug-likeness (QED) is 0.470. The maximum Gasteiger partial charge on any atom is 2.00 e. The summed E-state index contributed by atoms with van der Waals surface area (Å²) in [6.07, 6.45) is 2.39. The Hall–Kier alpha value is -0.185. The van der Waals surface area contributed by atoms with Gasteiger partial charge in [0.2, 0.25) is 0 Å². The predicted molar refractivity (Wildman–Crippen MR) is 22.3 cm³/mol. The van der Waals surface area contributed by atoms with E-state index in [0.717, 1.165) is 0 Å². The van der Waals surface area contributed by atoms with Crippen LogP contribution in [0.15, 0.2) is 12.2 Å². The molecule has 0 spiro atoms. The number of rotatable bonds is 0. The number of imide groups is 1. The monoisotopic (exact) mass is 299 g/mol. The van der Waals surface area contributed by atoms with E-state index in [1.807, 2.05) is 5.32 Å². The van der Waals surface area contributed by atoms with Crippen molar-refractivity contribution in [2.24, 2.45) is 0 Å². The molecule has 1 aliphatic rings. The smallest absolute Gasteiger partial charge is 0.289 e. The Bertz CT molecular complexity index is 136. The zero-order chi connectivity index (χ0) is 5.28.